The molecule has 3 rings (SSSR count). The number of amides is 1. The van der Waals surface area contributed by atoms with Crippen molar-refractivity contribution in [2.24, 2.45) is 11.7 Å². The highest BCUT2D eigenvalue weighted by Crippen LogP contribution is 2.43. The maximum atomic E-state index is 12.4. The molecule has 2 aliphatic rings. The first kappa shape index (κ1) is 21.7. The van der Waals surface area contributed by atoms with Crippen LogP contribution in [0.2, 0.25) is 0 Å². The van der Waals surface area contributed by atoms with Gasteiger partial charge in [0.05, 0.1) is 4.58 Å². The summed E-state index contributed by atoms with van der Waals surface area (Å²) in [6, 6.07) is 8.36. The molecule has 0 saturated carbocycles. The van der Waals surface area contributed by atoms with Crippen LogP contribution in [0.3, 0.4) is 0 Å². The van der Waals surface area contributed by atoms with E-state index in [2.05, 4.69) is 12.1 Å². The van der Waals surface area contributed by atoms with Gasteiger partial charge in [-0.05, 0) is 61.3 Å². The van der Waals surface area contributed by atoms with Crippen molar-refractivity contribution >= 4 is 41.8 Å². The lowest BCUT2D eigenvalue weighted by Gasteiger charge is -2.34. The molecule has 2 unspecified atom stereocenters. The molecule has 0 spiro atoms. The lowest BCUT2D eigenvalue weighted by Crippen LogP contribution is -2.46. The molecule has 1 aromatic rings. The van der Waals surface area contributed by atoms with Crippen LogP contribution in [0, 0.1) is 5.92 Å². The van der Waals surface area contributed by atoms with Gasteiger partial charge in [-0.25, -0.2) is 0 Å². The van der Waals surface area contributed by atoms with Crippen LogP contribution in [0.15, 0.2) is 24.3 Å². The van der Waals surface area contributed by atoms with Crippen molar-refractivity contribution in [3.63, 3.8) is 0 Å². The lowest BCUT2D eigenvalue weighted by atomic mass is 9.92. The van der Waals surface area contributed by atoms with Crippen molar-refractivity contribution in [1.82, 2.24) is 4.90 Å². The Morgan fingerprint density at radius 1 is 1.27 bits per heavy atom. The fourth-order valence-electron chi connectivity index (χ4n) is 3.30. The van der Waals surface area contributed by atoms with E-state index in [4.69, 9.17) is 10.5 Å². The number of ether oxygens (including phenoxy) is 1. The highest BCUT2D eigenvalue weighted by Gasteiger charge is 2.26. The number of likely N-dealkylation sites (tertiary alicyclic amines) is 1. The molecule has 0 bridgehead atoms. The first-order valence-corrected chi connectivity index (χ1v) is 11.2. The number of nitrogens with zero attached hydrogens (tertiary/aromatic N) is 1. The van der Waals surface area contributed by atoms with E-state index in [1.807, 2.05) is 47.5 Å². The van der Waals surface area contributed by atoms with Gasteiger partial charge in [-0.3, -0.25) is 4.79 Å². The summed E-state index contributed by atoms with van der Waals surface area (Å²) in [5.74, 6) is 3.71. The molecule has 146 valence electrons. The van der Waals surface area contributed by atoms with E-state index in [-0.39, 0.29) is 31.0 Å². The zero-order valence-corrected chi connectivity index (χ0v) is 17.7. The Morgan fingerprint density at radius 3 is 2.62 bits per heavy atom. The summed E-state index contributed by atoms with van der Waals surface area (Å²) in [6.07, 6.45) is 3.44. The second-order valence-corrected chi connectivity index (χ2v) is 9.61. The summed E-state index contributed by atoms with van der Waals surface area (Å²) < 4.78 is 6.26. The molecular formula is C19H29ClN2O2S2. The number of halogens is 1. The zero-order valence-electron chi connectivity index (χ0n) is 15.3. The second kappa shape index (κ2) is 10.7. The molecule has 2 aliphatic heterocycles. The molecule has 2 N–H and O–H groups in total. The first-order valence-electron chi connectivity index (χ1n) is 9.13. The van der Waals surface area contributed by atoms with E-state index in [1.54, 1.807) is 0 Å². The SMILES string of the molecule is CC(N)C1CCCN(C(=O)COc2ccc(C3SCCCS3)cc2)C1.Cl. The molecule has 7 heteroatoms. The third-order valence-corrected chi connectivity index (χ3v) is 7.91. The van der Waals surface area contributed by atoms with Gasteiger partial charge in [-0.15, -0.1) is 35.9 Å². The molecule has 4 nitrogen and oxygen atoms in total. The first-order chi connectivity index (χ1) is 12.1. The van der Waals surface area contributed by atoms with Crippen LogP contribution in [-0.2, 0) is 4.79 Å². The Morgan fingerprint density at radius 2 is 1.96 bits per heavy atom. The van der Waals surface area contributed by atoms with Crippen LogP contribution >= 0.6 is 35.9 Å². The minimum Gasteiger partial charge on any atom is -0.484 e. The number of piperidine rings is 1. The molecule has 2 heterocycles. The molecule has 0 radical (unpaired) electrons. The number of hydrogen-bond donors (Lipinski definition) is 1. The van der Waals surface area contributed by atoms with Gasteiger partial charge < -0.3 is 15.4 Å². The number of nitrogens with two attached hydrogens (primary N) is 1. The normalized spacial score (nSPS) is 22.4. The van der Waals surface area contributed by atoms with E-state index in [1.165, 1.54) is 23.5 Å². The molecular weight excluding hydrogens is 388 g/mol. The Balaban J connectivity index is 0.00000243. The van der Waals surface area contributed by atoms with Gasteiger partial charge in [0.2, 0.25) is 0 Å². The summed E-state index contributed by atoms with van der Waals surface area (Å²) in [5.41, 5.74) is 7.33. The Bertz CT molecular complexity index is 565. The molecule has 1 aromatic carbocycles. The molecule has 26 heavy (non-hydrogen) atoms. The topological polar surface area (TPSA) is 55.6 Å². The largest absolute Gasteiger partial charge is 0.484 e. The molecule has 0 aromatic heterocycles. The van der Waals surface area contributed by atoms with E-state index in [9.17, 15) is 4.79 Å². The zero-order chi connectivity index (χ0) is 17.6. The monoisotopic (exact) mass is 416 g/mol. The highest BCUT2D eigenvalue weighted by atomic mass is 35.5. The van der Waals surface area contributed by atoms with Gasteiger partial charge >= 0.3 is 0 Å². The lowest BCUT2D eigenvalue weighted by molar-refractivity contribution is -0.135. The Hall–Kier alpha value is -0.560. The van der Waals surface area contributed by atoms with Crippen LogP contribution in [0.1, 0.15) is 36.3 Å². The van der Waals surface area contributed by atoms with E-state index < -0.39 is 0 Å². The minimum absolute atomic E-state index is 0. The van der Waals surface area contributed by atoms with Gasteiger partial charge in [-0.2, -0.15) is 0 Å². The maximum Gasteiger partial charge on any atom is 0.260 e. The predicted molar refractivity (Wildman–Crippen MR) is 114 cm³/mol. The number of rotatable bonds is 5. The fraction of sp³-hybridized carbons (Fsp3) is 0.632. The predicted octanol–water partition coefficient (Wildman–Crippen LogP) is 3.94. The molecule has 1 amide bonds. The highest BCUT2D eigenvalue weighted by molar-refractivity contribution is 8.16. The molecule has 2 saturated heterocycles. The van der Waals surface area contributed by atoms with Crippen LogP contribution in [0.4, 0.5) is 0 Å². The van der Waals surface area contributed by atoms with Gasteiger partial charge in [0.1, 0.15) is 5.75 Å². The summed E-state index contributed by atoms with van der Waals surface area (Å²) in [7, 11) is 0. The minimum atomic E-state index is 0. The van der Waals surface area contributed by atoms with E-state index in [0.29, 0.717) is 10.5 Å². The third kappa shape index (κ3) is 5.98. The average molecular weight is 417 g/mol. The quantitative estimate of drug-likeness (QED) is 0.787. The summed E-state index contributed by atoms with van der Waals surface area (Å²) in [6.45, 7) is 3.72. The number of carbonyl (C=O) groups is 1. The summed E-state index contributed by atoms with van der Waals surface area (Å²) in [5, 5.41) is 0. The Kier molecular flexibility index (Phi) is 8.94. The number of benzene rings is 1. The van der Waals surface area contributed by atoms with Gasteiger partial charge in [0.15, 0.2) is 6.61 Å². The average Bonchev–Trinajstić information content (AvgIpc) is 2.67. The van der Waals surface area contributed by atoms with Crippen molar-refractivity contribution in [1.29, 1.82) is 0 Å². The maximum absolute atomic E-state index is 12.4. The number of thioether (sulfide) groups is 2. The van der Waals surface area contributed by atoms with Gasteiger partial charge in [0, 0.05) is 19.1 Å². The fourth-order valence-corrected chi connectivity index (χ4v) is 6.20. The van der Waals surface area contributed by atoms with Gasteiger partial charge in [-0.1, -0.05) is 12.1 Å². The molecule has 2 atom stereocenters. The van der Waals surface area contributed by atoms with Crippen LogP contribution in [0.25, 0.3) is 0 Å². The number of carbonyl (C=O) groups excluding carboxylic acids is 1. The standard InChI is InChI=1S/C19H28N2O2S2.ClH/c1-14(20)16-4-2-9-21(12-16)18(22)13-23-17-7-5-15(6-8-17)19-24-10-3-11-25-19;/h5-8,14,16,19H,2-4,9-13,20H2,1H3;1H. The van der Waals surface area contributed by atoms with Crippen LogP contribution < -0.4 is 10.5 Å². The van der Waals surface area contributed by atoms with Crippen LogP contribution in [0.5, 0.6) is 5.75 Å². The number of hydrogen-bond acceptors (Lipinski definition) is 5. The smallest absolute Gasteiger partial charge is 0.260 e. The van der Waals surface area contributed by atoms with Crippen molar-refractivity contribution in [3.8, 4) is 5.75 Å². The van der Waals surface area contributed by atoms with Crippen molar-refractivity contribution in [2.75, 3.05) is 31.2 Å². The second-order valence-electron chi connectivity index (χ2n) is 6.89. The van der Waals surface area contributed by atoms with Crippen molar-refractivity contribution < 1.29 is 9.53 Å². The van der Waals surface area contributed by atoms with Crippen molar-refractivity contribution in [3.05, 3.63) is 29.8 Å². The summed E-state index contributed by atoms with van der Waals surface area (Å²) >= 11 is 4.03. The molecule has 0 aliphatic carbocycles. The van der Waals surface area contributed by atoms with E-state index in [0.717, 1.165) is 31.7 Å². The Labute approximate surface area is 171 Å². The van der Waals surface area contributed by atoms with E-state index >= 15 is 0 Å². The molecule has 2 fully saturated rings. The summed E-state index contributed by atoms with van der Waals surface area (Å²) in [4.78, 5) is 14.3. The van der Waals surface area contributed by atoms with Gasteiger partial charge in [0.25, 0.3) is 5.91 Å². The van der Waals surface area contributed by atoms with Crippen LogP contribution in [-0.4, -0.2) is 48.1 Å². The third-order valence-electron chi connectivity index (χ3n) is 4.90. The van der Waals surface area contributed by atoms with Crippen molar-refractivity contribution in [2.45, 2.75) is 36.8 Å².